The van der Waals surface area contributed by atoms with E-state index in [1.807, 2.05) is 18.2 Å². The van der Waals surface area contributed by atoms with E-state index in [0.717, 1.165) is 11.4 Å². The van der Waals surface area contributed by atoms with Crippen molar-refractivity contribution in [1.29, 1.82) is 0 Å². The van der Waals surface area contributed by atoms with Gasteiger partial charge >= 0.3 is 0 Å². The van der Waals surface area contributed by atoms with Gasteiger partial charge in [0.15, 0.2) is 11.5 Å². The smallest absolute Gasteiger partial charge is 0.255 e. The first-order chi connectivity index (χ1) is 13.2. The molecule has 2 N–H and O–H groups in total. The van der Waals surface area contributed by atoms with Gasteiger partial charge in [0.2, 0.25) is 6.79 Å². The van der Waals surface area contributed by atoms with Gasteiger partial charge in [0.25, 0.3) is 5.91 Å². The molecule has 1 aromatic heterocycles. The number of carbonyl (C=O) groups is 1. The van der Waals surface area contributed by atoms with E-state index in [-0.39, 0.29) is 12.7 Å². The first kappa shape index (κ1) is 16.7. The topological polar surface area (TPSA) is 81.7 Å². The molecule has 0 unspecified atom stereocenters. The van der Waals surface area contributed by atoms with Crippen molar-refractivity contribution in [2.24, 2.45) is 0 Å². The van der Waals surface area contributed by atoms with Gasteiger partial charge in [-0.05, 0) is 48.5 Å². The Morgan fingerprint density at radius 3 is 2.52 bits per heavy atom. The average Bonchev–Trinajstić information content (AvgIpc) is 3.17. The van der Waals surface area contributed by atoms with Crippen molar-refractivity contribution in [3.05, 3.63) is 66.4 Å². The highest BCUT2D eigenvalue weighted by molar-refractivity contribution is 6.04. The van der Waals surface area contributed by atoms with Crippen LogP contribution in [0.5, 0.6) is 17.2 Å². The lowest BCUT2D eigenvalue weighted by Crippen LogP contribution is -2.12. The molecular weight excluding hydrogens is 346 g/mol. The number of hydrogen-bond acceptors (Lipinski definition) is 6. The maximum Gasteiger partial charge on any atom is 0.255 e. The number of benzene rings is 2. The molecule has 3 aromatic rings. The molecule has 1 amide bonds. The van der Waals surface area contributed by atoms with Gasteiger partial charge in [0, 0.05) is 17.3 Å². The Labute approximate surface area is 155 Å². The Morgan fingerprint density at radius 2 is 1.78 bits per heavy atom. The first-order valence-electron chi connectivity index (χ1n) is 8.29. The van der Waals surface area contributed by atoms with Crippen molar-refractivity contribution in [1.82, 2.24) is 4.98 Å². The van der Waals surface area contributed by atoms with Gasteiger partial charge in [0.1, 0.15) is 11.6 Å². The summed E-state index contributed by atoms with van der Waals surface area (Å²) in [4.78, 5) is 16.6. The Kier molecular flexibility index (Phi) is 4.49. The molecule has 2 aromatic carbocycles. The monoisotopic (exact) mass is 363 g/mol. The van der Waals surface area contributed by atoms with Crippen molar-refractivity contribution in [2.45, 2.75) is 0 Å². The fourth-order valence-corrected chi connectivity index (χ4v) is 2.61. The molecule has 0 atom stereocenters. The number of nitrogens with zero attached hydrogens (tertiary/aromatic N) is 1. The van der Waals surface area contributed by atoms with E-state index in [0.29, 0.717) is 28.6 Å². The standard InChI is InChI=1S/C20H17N3O4/c1-25-16-6-2-13(3-7-16)20(24)23-15-5-9-19(21-11-15)22-14-4-8-17-18(10-14)27-12-26-17/h2-11H,12H2,1H3,(H,21,22)(H,23,24). The van der Waals surface area contributed by atoms with Gasteiger partial charge in [-0.1, -0.05) is 0 Å². The lowest BCUT2D eigenvalue weighted by Gasteiger charge is -2.09. The zero-order valence-corrected chi connectivity index (χ0v) is 14.6. The van der Waals surface area contributed by atoms with Gasteiger partial charge < -0.3 is 24.8 Å². The lowest BCUT2D eigenvalue weighted by molar-refractivity contribution is 0.102. The highest BCUT2D eigenvalue weighted by atomic mass is 16.7. The third-order valence-corrected chi connectivity index (χ3v) is 4.02. The molecule has 7 nitrogen and oxygen atoms in total. The SMILES string of the molecule is COc1ccc(C(=O)Nc2ccc(Nc3ccc4c(c3)OCO4)nc2)cc1. The zero-order valence-electron chi connectivity index (χ0n) is 14.6. The molecule has 136 valence electrons. The number of fused-ring (bicyclic) bond motifs is 1. The second kappa shape index (κ2) is 7.25. The molecule has 0 saturated heterocycles. The number of ether oxygens (including phenoxy) is 3. The Morgan fingerprint density at radius 1 is 1.00 bits per heavy atom. The predicted molar refractivity (Wildman–Crippen MR) is 101 cm³/mol. The van der Waals surface area contributed by atoms with Crippen LogP contribution in [0.4, 0.5) is 17.2 Å². The van der Waals surface area contributed by atoms with Gasteiger partial charge in [0.05, 0.1) is 19.0 Å². The predicted octanol–water partition coefficient (Wildman–Crippen LogP) is 3.81. The number of methoxy groups -OCH3 is 1. The Bertz CT molecular complexity index is 956. The van der Waals surface area contributed by atoms with E-state index in [4.69, 9.17) is 14.2 Å². The van der Waals surface area contributed by atoms with Gasteiger partial charge in [-0.15, -0.1) is 0 Å². The van der Waals surface area contributed by atoms with Crippen LogP contribution in [0.15, 0.2) is 60.8 Å². The number of rotatable bonds is 5. The Hall–Kier alpha value is -3.74. The number of pyridine rings is 1. The minimum Gasteiger partial charge on any atom is -0.497 e. The van der Waals surface area contributed by atoms with Crippen LogP contribution in [0.3, 0.4) is 0 Å². The largest absolute Gasteiger partial charge is 0.497 e. The second-order valence-electron chi connectivity index (χ2n) is 5.81. The summed E-state index contributed by atoms with van der Waals surface area (Å²) in [6.07, 6.45) is 1.59. The molecular formula is C20H17N3O4. The van der Waals surface area contributed by atoms with Crippen molar-refractivity contribution in [2.75, 3.05) is 24.5 Å². The summed E-state index contributed by atoms with van der Waals surface area (Å²) in [5.74, 6) is 2.56. The van der Waals surface area contributed by atoms with Crippen molar-refractivity contribution in [3.8, 4) is 17.2 Å². The van der Waals surface area contributed by atoms with Gasteiger partial charge in [-0.25, -0.2) is 4.98 Å². The summed E-state index contributed by atoms with van der Waals surface area (Å²) in [6.45, 7) is 0.236. The normalized spacial score (nSPS) is 11.7. The summed E-state index contributed by atoms with van der Waals surface area (Å²) in [7, 11) is 1.58. The van der Waals surface area contributed by atoms with Gasteiger partial charge in [-0.2, -0.15) is 0 Å². The van der Waals surface area contributed by atoms with E-state index in [1.165, 1.54) is 0 Å². The maximum atomic E-state index is 12.3. The highest BCUT2D eigenvalue weighted by Crippen LogP contribution is 2.34. The maximum absolute atomic E-state index is 12.3. The molecule has 0 bridgehead atoms. The van der Waals surface area contributed by atoms with Crippen LogP contribution >= 0.6 is 0 Å². The molecule has 0 fully saturated rings. The van der Waals surface area contributed by atoms with Crippen LogP contribution in [0, 0.1) is 0 Å². The van der Waals surface area contributed by atoms with Crippen LogP contribution < -0.4 is 24.8 Å². The lowest BCUT2D eigenvalue weighted by atomic mass is 10.2. The fourth-order valence-electron chi connectivity index (χ4n) is 2.61. The Balaban J connectivity index is 1.40. The zero-order chi connectivity index (χ0) is 18.6. The van der Waals surface area contributed by atoms with Gasteiger partial charge in [-0.3, -0.25) is 4.79 Å². The molecule has 2 heterocycles. The van der Waals surface area contributed by atoms with E-state index in [1.54, 1.807) is 49.7 Å². The van der Waals surface area contributed by atoms with E-state index < -0.39 is 0 Å². The number of hydrogen-bond donors (Lipinski definition) is 2. The molecule has 0 radical (unpaired) electrons. The van der Waals surface area contributed by atoms with Crippen LogP contribution in [0.25, 0.3) is 0 Å². The molecule has 1 aliphatic rings. The van der Waals surface area contributed by atoms with Crippen LogP contribution in [0.2, 0.25) is 0 Å². The van der Waals surface area contributed by atoms with Crippen LogP contribution in [0.1, 0.15) is 10.4 Å². The first-order valence-corrected chi connectivity index (χ1v) is 8.29. The highest BCUT2D eigenvalue weighted by Gasteiger charge is 2.13. The summed E-state index contributed by atoms with van der Waals surface area (Å²) < 4.78 is 15.7. The minimum atomic E-state index is -0.212. The molecule has 27 heavy (non-hydrogen) atoms. The summed E-state index contributed by atoms with van der Waals surface area (Å²) >= 11 is 0. The molecule has 0 spiro atoms. The molecule has 0 aliphatic carbocycles. The average molecular weight is 363 g/mol. The van der Waals surface area contributed by atoms with Crippen LogP contribution in [-0.2, 0) is 0 Å². The minimum absolute atomic E-state index is 0.212. The third kappa shape index (κ3) is 3.77. The molecule has 7 heteroatoms. The van der Waals surface area contributed by atoms with E-state index in [9.17, 15) is 4.79 Å². The summed E-state index contributed by atoms with van der Waals surface area (Å²) in [6, 6.07) is 16.0. The number of aromatic nitrogens is 1. The third-order valence-electron chi connectivity index (χ3n) is 4.02. The molecule has 1 aliphatic heterocycles. The summed E-state index contributed by atoms with van der Waals surface area (Å²) in [5, 5.41) is 6.00. The van der Waals surface area contributed by atoms with E-state index >= 15 is 0 Å². The van der Waals surface area contributed by atoms with Crippen molar-refractivity contribution < 1.29 is 19.0 Å². The number of carbonyl (C=O) groups excluding carboxylic acids is 1. The van der Waals surface area contributed by atoms with E-state index in [2.05, 4.69) is 15.6 Å². The second-order valence-corrected chi connectivity index (χ2v) is 5.81. The number of amides is 1. The number of anilines is 3. The summed E-state index contributed by atoms with van der Waals surface area (Å²) in [5.41, 5.74) is 1.98. The number of nitrogens with one attached hydrogen (secondary N) is 2. The quantitative estimate of drug-likeness (QED) is 0.717. The molecule has 0 saturated carbocycles. The van der Waals surface area contributed by atoms with Crippen molar-refractivity contribution >= 4 is 23.1 Å². The van der Waals surface area contributed by atoms with Crippen LogP contribution in [-0.4, -0.2) is 24.8 Å². The fraction of sp³-hybridized carbons (Fsp3) is 0.100. The molecule has 4 rings (SSSR count). The van der Waals surface area contributed by atoms with Crippen molar-refractivity contribution in [3.63, 3.8) is 0 Å².